The highest BCUT2D eigenvalue weighted by molar-refractivity contribution is 9.10. The molecule has 0 saturated heterocycles. The largest absolute Gasteiger partial charge is 0.384 e. The van der Waals surface area contributed by atoms with E-state index in [9.17, 15) is 4.39 Å². The van der Waals surface area contributed by atoms with E-state index >= 15 is 0 Å². The van der Waals surface area contributed by atoms with E-state index in [1.807, 2.05) is 13.0 Å². The zero-order valence-electron chi connectivity index (χ0n) is 12.3. The Morgan fingerprint density at radius 3 is 2.65 bits per heavy atom. The van der Waals surface area contributed by atoms with Crippen LogP contribution in [0, 0.1) is 12.7 Å². The van der Waals surface area contributed by atoms with Gasteiger partial charge in [-0.05, 0) is 52.9 Å². The monoisotopic (exact) mass is 338 g/mol. The molecule has 2 nitrogen and oxygen atoms in total. The first-order chi connectivity index (χ1) is 9.45. The minimum atomic E-state index is -0.242. The number of hydrogen-bond donors (Lipinski definition) is 1. The summed E-state index contributed by atoms with van der Waals surface area (Å²) in [5.74, 6) is 0.0958. The van der Waals surface area contributed by atoms with Crippen LogP contribution in [-0.4, -0.2) is 11.5 Å². The number of halogens is 2. The number of rotatable bonds is 4. The Bertz CT molecular complexity index is 638. The lowest BCUT2D eigenvalue weighted by atomic mass is 10.0. The van der Waals surface area contributed by atoms with Crippen molar-refractivity contribution in [3.8, 4) is 0 Å². The van der Waals surface area contributed by atoms with Gasteiger partial charge in [-0.25, -0.2) is 4.39 Å². The van der Waals surface area contributed by atoms with Gasteiger partial charge in [0.2, 0.25) is 0 Å². The van der Waals surface area contributed by atoms with Crippen LogP contribution in [0.5, 0.6) is 0 Å². The van der Waals surface area contributed by atoms with Crippen LogP contribution in [0.2, 0.25) is 0 Å². The molecule has 2 rings (SSSR count). The number of benzene rings is 1. The highest BCUT2D eigenvalue weighted by Gasteiger charge is 2.15. The number of nitrogens with zero attached hydrogens (tertiary/aromatic N) is 1. The first-order valence-electron chi connectivity index (χ1n) is 6.98. The van der Waals surface area contributed by atoms with E-state index in [1.165, 1.54) is 6.07 Å². The molecule has 0 aliphatic heterocycles. The number of pyridine rings is 1. The maximum atomic E-state index is 14.0. The summed E-state index contributed by atoms with van der Waals surface area (Å²) < 4.78 is 14.5. The molecular weight excluding hydrogens is 319 g/mol. The normalized spacial score (nSPS) is 11.3. The van der Waals surface area contributed by atoms with Crippen LogP contribution < -0.4 is 5.32 Å². The maximum Gasteiger partial charge on any atom is 0.138 e. The van der Waals surface area contributed by atoms with E-state index < -0.39 is 0 Å². The number of hydrogen-bond acceptors (Lipinski definition) is 2. The van der Waals surface area contributed by atoms with Crippen LogP contribution in [0.25, 0.3) is 10.9 Å². The Labute approximate surface area is 127 Å². The molecule has 0 saturated carbocycles. The standard InChI is InChI=1S/C16H20BrFN2/c1-5-6-19-13-8-12(9(2)3)20-16-10(4)7-11(18)15(17)14(13)16/h7-9H,5-6H2,1-4H3,(H,19,20). The summed E-state index contributed by atoms with van der Waals surface area (Å²) in [6.07, 6.45) is 1.02. The molecule has 20 heavy (non-hydrogen) atoms. The highest BCUT2D eigenvalue weighted by Crippen LogP contribution is 2.35. The van der Waals surface area contributed by atoms with Crippen molar-refractivity contribution in [3.05, 3.63) is 33.7 Å². The van der Waals surface area contributed by atoms with Gasteiger partial charge in [0.25, 0.3) is 0 Å². The zero-order valence-corrected chi connectivity index (χ0v) is 13.9. The summed E-state index contributed by atoms with van der Waals surface area (Å²) in [6.45, 7) is 9.11. The predicted molar refractivity (Wildman–Crippen MR) is 87.0 cm³/mol. The van der Waals surface area contributed by atoms with Gasteiger partial charge < -0.3 is 5.32 Å². The number of anilines is 1. The lowest BCUT2D eigenvalue weighted by Crippen LogP contribution is -2.05. The summed E-state index contributed by atoms with van der Waals surface area (Å²) in [5, 5.41) is 4.22. The van der Waals surface area contributed by atoms with Crippen molar-refractivity contribution in [2.75, 3.05) is 11.9 Å². The second-order valence-corrected chi connectivity index (χ2v) is 6.18. The Kier molecular flexibility index (Phi) is 4.63. The lowest BCUT2D eigenvalue weighted by molar-refractivity contribution is 0.622. The molecule has 0 atom stereocenters. The van der Waals surface area contributed by atoms with Crippen molar-refractivity contribution in [2.45, 2.75) is 40.0 Å². The van der Waals surface area contributed by atoms with E-state index in [0.717, 1.165) is 40.8 Å². The molecule has 0 amide bonds. The van der Waals surface area contributed by atoms with E-state index in [-0.39, 0.29) is 5.82 Å². The molecular formula is C16H20BrFN2. The van der Waals surface area contributed by atoms with E-state index in [0.29, 0.717) is 10.4 Å². The van der Waals surface area contributed by atoms with Crippen molar-refractivity contribution in [1.82, 2.24) is 4.98 Å². The summed E-state index contributed by atoms with van der Waals surface area (Å²) in [4.78, 5) is 4.71. The Morgan fingerprint density at radius 2 is 2.05 bits per heavy atom. The number of fused-ring (bicyclic) bond motifs is 1. The van der Waals surface area contributed by atoms with Gasteiger partial charge >= 0.3 is 0 Å². The topological polar surface area (TPSA) is 24.9 Å². The molecule has 108 valence electrons. The van der Waals surface area contributed by atoms with Crippen molar-refractivity contribution in [3.63, 3.8) is 0 Å². The van der Waals surface area contributed by atoms with Gasteiger partial charge in [-0.2, -0.15) is 0 Å². The molecule has 0 radical (unpaired) electrons. The lowest BCUT2D eigenvalue weighted by Gasteiger charge is -2.16. The fraction of sp³-hybridized carbons (Fsp3) is 0.438. The molecule has 0 spiro atoms. The quantitative estimate of drug-likeness (QED) is 0.808. The van der Waals surface area contributed by atoms with E-state index in [4.69, 9.17) is 4.98 Å². The van der Waals surface area contributed by atoms with Gasteiger partial charge in [-0.15, -0.1) is 0 Å². The average Bonchev–Trinajstić information content (AvgIpc) is 2.41. The summed E-state index contributed by atoms with van der Waals surface area (Å²) >= 11 is 3.36. The van der Waals surface area contributed by atoms with Crippen LogP contribution >= 0.6 is 15.9 Å². The smallest absolute Gasteiger partial charge is 0.138 e. The molecule has 2 aromatic rings. The highest BCUT2D eigenvalue weighted by atomic mass is 79.9. The van der Waals surface area contributed by atoms with E-state index in [1.54, 1.807) is 0 Å². The van der Waals surface area contributed by atoms with Gasteiger partial charge in [-0.1, -0.05) is 20.8 Å². The molecule has 4 heteroatoms. The van der Waals surface area contributed by atoms with Crippen molar-refractivity contribution in [1.29, 1.82) is 0 Å². The average molecular weight is 339 g/mol. The Balaban J connectivity index is 2.77. The van der Waals surface area contributed by atoms with Crippen LogP contribution in [0.3, 0.4) is 0 Å². The fourth-order valence-corrected chi connectivity index (χ4v) is 2.72. The predicted octanol–water partition coefficient (Wildman–Crippen LogP) is 5.39. The van der Waals surface area contributed by atoms with Gasteiger partial charge in [0, 0.05) is 23.3 Å². The minimum Gasteiger partial charge on any atom is -0.384 e. The number of nitrogens with one attached hydrogen (secondary N) is 1. The minimum absolute atomic E-state index is 0.242. The second-order valence-electron chi connectivity index (χ2n) is 5.39. The maximum absolute atomic E-state index is 14.0. The Hall–Kier alpha value is -1.16. The number of aromatic nitrogens is 1. The van der Waals surface area contributed by atoms with Gasteiger partial charge in [0.1, 0.15) is 5.82 Å². The Morgan fingerprint density at radius 1 is 1.35 bits per heavy atom. The third-order valence-corrected chi connectivity index (χ3v) is 4.12. The molecule has 1 N–H and O–H groups in total. The third kappa shape index (κ3) is 2.80. The number of aryl methyl sites for hydroxylation is 1. The van der Waals surface area contributed by atoms with Gasteiger partial charge in [0.15, 0.2) is 0 Å². The summed E-state index contributed by atoms with van der Waals surface area (Å²) in [5.41, 5.74) is 3.71. The third-order valence-electron chi connectivity index (χ3n) is 3.34. The SMILES string of the molecule is CCCNc1cc(C(C)C)nc2c(C)cc(F)c(Br)c12. The fourth-order valence-electron chi connectivity index (χ4n) is 2.21. The summed E-state index contributed by atoms with van der Waals surface area (Å²) in [6, 6.07) is 3.57. The molecule has 0 bridgehead atoms. The van der Waals surface area contributed by atoms with Crippen LogP contribution in [-0.2, 0) is 0 Å². The van der Waals surface area contributed by atoms with Gasteiger partial charge in [0.05, 0.1) is 9.99 Å². The molecule has 0 aliphatic carbocycles. The van der Waals surface area contributed by atoms with Crippen molar-refractivity contribution < 1.29 is 4.39 Å². The molecule has 1 aromatic carbocycles. The van der Waals surface area contributed by atoms with Crippen LogP contribution in [0.1, 0.15) is 44.4 Å². The molecule has 0 aliphatic rings. The zero-order chi connectivity index (χ0) is 14.9. The van der Waals surface area contributed by atoms with Gasteiger partial charge in [-0.3, -0.25) is 4.98 Å². The summed E-state index contributed by atoms with van der Waals surface area (Å²) in [7, 11) is 0. The second kappa shape index (κ2) is 6.08. The first-order valence-corrected chi connectivity index (χ1v) is 7.78. The van der Waals surface area contributed by atoms with Crippen molar-refractivity contribution in [2.24, 2.45) is 0 Å². The molecule has 0 unspecified atom stereocenters. The molecule has 0 fully saturated rings. The van der Waals surface area contributed by atoms with Crippen molar-refractivity contribution >= 4 is 32.5 Å². The van der Waals surface area contributed by atoms with E-state index in [2.05, 4.69) is 42.0 Å². The first kappa shape index (κ1) is 15.2. The molecule has 1 heterocycles. The van der Waals surface area contributed by atoms with Crippen LogP contribution in [0.4, 0.5) is 10.1 Å². The van der Waals surface area contributed by atoms with Crippen LogP contribution in [0.15, 0.2) is 16.6 Å². The molecule has 1 aromatic heterocycles.